The van der Waals surface area contributed by atoms with Crippen molar-refractivity contribution in [3.63, 3.8) is 0 Å². The Kier molecular flexibility index (Phi) is 3.43. The molecule has 1 aromatic carbocycles. The molecule has 0 fully saturated rings. The monoisotopic (exact) mass is 181 g/mol. The Bertz CT molecular complexity index is 283. The quantitative estimate of drug-likeness (QED) is 0.595. The number of hydrogen-bond donors (Lipinski definition) is 0. The molecule has 1 aliphatic heterocycles. The fourth-order valence-electron chi connectivity index (χ4n) is 1.55. The molecule has 0 saturated heterocycles. The molecule has 2 heteroatoms. The zero-order valence-electron chi connectivity index (χ0n) is 8.47. The van der Waals surface area contributed by atoms with E-state index in [0.29, 0.717) is 0 Å². The number of nitrogens with zero attached hydrogens (tertiary/aromatic N) is 1. The Labute approximate surface area is 79.2 Å². The number of rotatable bonds is 0. The molecule has 0 N–H and O–H groups in total. The highest BCUT2D eigenvalue weighted by Gasteiger charge is 2.17. The lowest BCUT2D eigenvalue weighted by molar-refractivity contribution is 0.350. The third-order valence-corrected chi connectivity index (χ3v) is 2.08. The van der Waals surface area contributed by atoms with Gasteiger partial charge in [0, 0.05) is 18.7 Å². The molecule has 1 aliphatic rings. The summed E-state index contributed by atoms with van der Waals surface area (Å²) in [5.41, 5.74) is 2.00. The van der Waals surface area contributed by atoms with Crippen LogP contribution in [0.15, 0.2) is 18.2 Å². The number of benzene rings is 1. The molecule has 0 aliphatic carbocycles. The van der Waals surface area contributed by atoms with E-state index in [0.717, 1.165) is 24.2 Å². The van der Waals surface area contributed by atoms with Gasteiger partial charge >= 0.3 is 0 Å². The van der Waals surface area contributed by atoms with E-state index in [2.05, 4.69) is 4.90 Å². The molecule has 0 aromatic heterocycles. The third kappa shape index (κ3) is 2.07. The van der Waals surface area contributed by atoms with E-state index >= 15 is 0 Å². The normalized spacial score (nSPS) is 14.8. The van der Waals surface area contributed by atoms with Crippen LogP contribution in [-0.2, 0) is 13.1 Å². The second-order valence-electron chi connectivity index (χ2n) is 3.05. The lowest BCUT2D eigenvalue weighted by Crippen LogP contribution is -2.07. The van der Waals surface area contributed by atoms with E-state index < -0.39 is 0 Å². The van der Waals surface area contributed by atoms with Crippen LogP contribution in [-0.4, -0.2) is 11.9 Å². The summed E-state index contributed by atoms with van der Waals surface area (Å²) in [6.07, 6.45) is 0. The van der Waals surface area contributed by atoms with Crippen LogP contribution >= 0.6 is 0 Å². The molecule has 13 heavy (non-hydrogen) atoms. The van der Waals surface area contributed by atoms with Crippen LogP contribution < -0.4 is 0 Å². The topological polar surface area (TPSA) is 3.24 Å². The van der Waals surface area contributed by atoms with Crippen molar-refractivity contribution in [3.8, 4) is 0 Å². The predicted octanol–water partition coefficient (Wildman–Crippen LogP) is 2.80. The van der Waals surface area contributed by atoms with Crippen molar-refractivity contribution in [1.82, 2.24) is 4.90 Å². The van der Waals surface area contributed by atoms with E-state index in [4.69, 9.17) is 0 Å². The molecule has 0 spiro atoms. The Hall–Kier alpha value is -0.890. The van der Waals surface area contributed by atoms with Gasteiger partial charge in [0.1, 0.15) is 5.82 Å². The molecule has 0 saturated carbocycles. The minimum Gasteiger partial charge on any atom is -0.298 e. The van der Waals surface area contributed by atoms with Gasteiger partial charge in [-0.3, -0.25) is 4.90 Å². The molecule has 1 heterocycles. The summed E-state index contributed by atoms with van der Waals surface area (Å²) in [5.74, 6) is -0.0631. The lowest BCUT2D eigenvalue weighted by atomic mass is 10.1. The maximum atomic E-state index is 13.0. The molecular weight excluding hydrogens is 165 g/mol. The van der Waals surface area contributed by atoms with Gasteiger partial charge in [-0.1, -0.05) is 26.0 Å². The zero-order valence-corrected chi connectivity index (χ0v) is 8.47. The van der Waals surface area contributed by atoms with Crippen LogP contribution in [0.5, 0.6) is 0 Å². The highest BCUT2D eigenvalue weighted by molar-refractivity contribution is 5.31. The fourth-order valence-corrected chi connectivity index (χ4v) is 1.55. The Morgan fingerprint density at radius 1 is 1.23 bits per heavy atom. The average Bonchev–Trinajstić information content (AvgIpc) is 2.51. The van der Waals surface area contributed by atoms with Gasteiger partial charge in [-0.2, -0.15) is 0 Å². The van der Waals surface area contributed by atoms with E-state index in [9.17, 15) is 4.39 Å². The lowest BCUT2D eigenvalue weighted by Gasteiger charge is -2.02. The smallest absolute Gasteiger partial charge is 0.128 e. The van der Waals surface area contributed by atoms with E-state index in [1.165, 1.54) is 6.07 Å². The highest BCUT2D eigenvalue weighted by Crippen LogP contribution is 2.23. The molecule has 1 nitrogen and oxygen atoms in total. The first-order chi connectivity index (χ1) is 6.27. The van der Waals surface area contributed by atoms with Crippen molar-refractivity contribution in [2.45, 2.75) is 26.9 Å². The average molecular weight is 181 g/mol. The number of halogens is 1. The summed E-state index contributed by atoms with van der Waals surface area (Å²) in [4.78, 5) is 2.10. The molecule has 0 amide bonds. The van der Waals surface area contributed by atoms with Crippen LogP contribution in [0.3, 0.4) is 0 Å². The summed E-state index contributed by atoms with van der Waals surface area (Å²) in [5, 5.41) is 0. The Morgan fingerprint density at radius 2 is 1.92 bits per heavy atom. The molecule has 0 unspecified atom stereocenters. The Morgan fingerprint density at radius 3 is 2.54 bits per heavy atom. The first-order valence-electron chi connectivity index (χ1n) is 4.72. The van der Waals surface area contributed by atoms with Gasteiger partial charge in [0.15, 0.2) is 0 Å². The van der Waals surface area contributed by atoms with Crippen LogP contribution in [0.4, 0.5) is 4.39 Å². The molecule has 1 aromatic rings. The number of hydrogen-bond acceptors (Lipinski definition) is 1. The van der Waals surface area contributed by atoms with Gasteiger partial charge in [-0.15, -0.1) is 0 Å². The first kappa shape index (κ1) is 10.2. The maximum Gasteiger partial charge on any atom is 0.128 e. The molecule has 72 valence electrons. The van der Waals surface area contributed by atoms with Gasteiger partial charge in [0.2, 0.25) is 0 Å². The van der Waals surface area contributed by atoms with Gasteiger partial charge in [0.05, 0.1) is 0 Å². The van der Waals surface area contributed by atoms with Crippen LogP contribution in [0.1, 0.15) is 25.0 Å². The first-order valence-corrected chi connectivity index (χ1v) is 4.72. The second-order valence-corrected chi connectivity index (χ2v) is 3.05. The SMILES string of the molecule is CC.CN1Cc2cccc(F)c2C1. The van der Waals surface area contributed by atoms with Crippen LogP contribution in [0, 0.1) is 5.82 Å². The van der Waals surface area contributed by atoms with Gasteiger partial charge in [0.25, 0.3) is 0 Å². The predicted molar refractivity (Wildman–Crippen MR) is 52.9 cm³/mol. The van der Waals surface area contributed by atoms with E-state index in [1.54, 1.807) is 6.07 Å². The second kappa shape index (κ2) is 4.38. The van der Waals surface area contributed by atoms with Crippen molar-refractivity contribution in [2.75, 3.05) is 7.05 Å². The summed E-state index contributed by atoms with van der Waals surface area (Å²) < 4.78 is 13.0. The van der Waals surface area contributed by atoms with Gasteiger partial charge in [-0.05, 0) is 18.7 Å². The van der Waals surface area contributed by atoms with E-state index in [-0.39, 0.29) is 5.82 Å². The van der Waals surface area contributed by atoms with Crippen LogP contribution in [0.2, 0.25) is 0 Å². The third-order valence-electron chi connectivity index (χ3n) is 2.08. The largest absolute Gasteiger partial charge is 0.298 e. The van der Waals surface area contributed by atoms with Crippen molar-refractivity contribution >= 4 is 0 Å². The van der Waals surface area contributed by atoms with Gasteiger partial charge in [-0.25, -0.2) is 4.39 Å². The van der Waals surface area contributed by atoms with Crippen molar-refractivity contribution in [1.29, 1.82) is 0 Å². The summed E-state index contributed by atoms with van der Waals surface area (Å²) >= 11 is 0. The molecule has 0 atom stereocenters. The fraction of sp³-hybridized carbons (Fsp3) is 0.455. The minimum atomic E-state index is -0.0631. The summed E-state index contributed by atoms with van der Waals surface area (Å²) in [7, 11) is 2.00. The molecular formula is C11H16FN. The van der Waals surface area contributed by atoms with Crippen molar-refractivity contribution in [2.24, 2.45) is 0 Å². The molecule has 0 bridgehead atoms. The summed E-state index contributed by atoms with van der Waals surface area (Å²) in [6, 6.07) is 5.28. The number of fused-ring (bicyclic) bond motifs is 1. The van der Waals surface area contributed by atoms with Crippen LogP contribution in [0.25, 0.3) is 0 Å². The van der Waals surface area contributed by atoms with E-state index in [1.807, 2.05) is 27.0 Å². The minimum absolute atomic E-state index is 0.0631. The molecule has 2 rings (SSSR count). The standard InChI is InChI=1S/C9H10FN.C2H6/c1-11-5-7-3-2-4-9(10)8(7)6-11;1-2/h2-4H,5-6H2,1H3;1-2H3. The maximum absolute atomic E-state index is 13.0. The summed E-state index contributed by atoms with van der Waals surface area (Å²) in [6.45, 7) is 5.63. The molecule has 0 radical (unpaired) electrons. The van der Waals surface area contributed by atoms with Crippen molar-refractivity contribution < 1.29 is 4.39 Å². The van der Waals surface area contributed by atoms with Gasteiger partial charge < -0.3 is 0 Å². The Balaban J connectivity index is 0.000000396. The highest BCUT2D eigenvalue weighted by atomic mass is 19.1. The van der Waals surface area contributed by atoms with Crippen molar-refractivity contribution in [3.05, 3.63) is 35.1 Å². The zero-order chi connectivity index (χ0) is 9.84.